The molecule has 2 heterocycles. The number of nitrogens with zero attached hydrogens (tertiary/aromatic N) is 4. The average molecular weight is 709 g/mol. The molecule has 0 spiro atoms. The fourth-order valence-electron chi connectivity index (χ4n) is 13.6. The normalized spacial score (nSPS) is 32.1. The van der Waals surface area contributed by atoms with E-state index >= 15 is 0 Å². The van der Waals surface area contributed by atoms with E-state index in [0.29, 0.717) is 22.2 Å². The van der Waals surface area contributed by atoms with Crippen LogP contribution in [-0.2, 0) is 10.8 Å². The van der Waals surface area contributed by atoms with Gasteiger partial charge in [0.05, 0.1) is 11.6 Å². The maximum atomic E-state index is 9.50. The lowest BCUT2D eigenvalue weighted by atomic mass is 9.48. The number of benzene rings is 4. The standard InChI is InChI=1S/C48H44N4S/c49-27-28-1-11-40-41-12-6-37(20-43(41)53-42(40)19-28)46-51-44(35-2-7-38(8-3-35)47-21-29-13-30(22-47)15-31(14-29)23-47)50-45(52-46)36-4-9-39(10-5-36)48-24-32-16-33(25-48)18-34(17-32)26-48/h1-12,19-20,29-34H,13-18,21-26H2/t29-,30-,31-,32-,33+,34-,47?,48?. The summed E-state index contributed by atoms with van der Waals surface area (Å²) in [4.78, 5) is 15.6. The molecule has 5 heteroatoms. The molecule has 0 aliphatic heterocycles. The van der Waals surface area contributed by atoms with Gasteiger partial charge in [-0.05, 0) is 153 Å². The molecule has 0 saturated heterocycles. The molecule has 0 amide bonds. The van der Waals surface area contributed by atoms with Gasteiger partial charge in [0.15, 0.2) is 17.5 Å². The third-order valence-corrected chi connectivity index (χ3v) is 16.2. The number of nitriles is 1. The molecule has 8 bridgehead atoms. The average Bonchev–Trinajstić information content (AvgIpc) is 3.54. The number of hydrogen-bond donors (Lipinski definition) is 0. The summed E-state index contributed by atoms with van der Waals surface area (Å²) in [5, 5.41) is 11.9. The van der Waals surface area contributed by atoms with E-state index in [2.05, 4.69) is 78.9 Å². The first-order valence-corrected chi connectivity index (χ1v) is 21.1. The van der Waals surface area contributed by atoms with E-state index in [0.717, 1.165) is 68.5 Å². The van der Waals surface area contributed by atoms with Crippen molar-refractivity contribution in [1.29, 1.82) is 5.26 Å². The minimum absolute atomic E-state index is 0.370. The Balaban J connectivity index is 0.939. The molecule has 8 aliphatic rings. The Hall–Kier alpha value is -4.40. The second-order valence-corrected chi connectivity index (χ2v) is 19.6. The molecule has 8 saturated carbocycles. The van der Waals surface area contributed by atoms with Gasteiger partial charge in [0.25, 0.3) is 0 Å². The van der Waals surface area contributed by atoms with E-state index in [9.17, 15) is 5.26 Å². The zero-order valence-corrected chi connectivity index (χ0v) is 31.0. The van der Waals surface area contributed by atoms with Gasteiger partial charge < -0.3 is 0 Å². The van der Waals surface area contributed by atoms with Crippen LogP contribution in [0.15, 0.2) is 84.9 Å². The third kappa shape index (κ3) is 4.94. The lowest BCUT2D eigenvalue weighted by molar-refractivity contribution is -0.00530. The largest absolute Gasteiger partial charge is 0.208 e. The Bertz CT molecular complexity index is 2310. The summed E-state index contributed by atoms with van der Waals surface area (Å²) in [6.07, 6.45) is 17.0. The Labute approximate surface area is 315 Å². The van der Waals surface area contributed by atoms with Crippen LogP contribution >= 0.6 is 11.3 Å². The van der Waals surface area contributed by atoms with Crippen LogP contribution in [0.3, 0.4) is 0 Å². The van der Waals surface area contributed by atoms with Crippen LogP contribution < -0.4 is 0 Å². The lowest BCUT2D eigenvalue weighted by Gasteiger charge is -2.57. The molecule has 262 valence electrons. The second-order valence-electron chi connectivity index (χ2n) is 18.5. The van der Waals surface area contributed by atoms with Crippen molar-refractivity contribution in [3.63, 3.8) is 0 Å². The van der Waals surface area contributed by atoms with E-state index in [1.54, 1.807) is 11.3 Å². The number of rotatable bonds is 5. The molecule has 6 aromatic rings. The predicted molar refractivity (Wildman–Crippen MR) is 213 cm³/mol. The number of aromatic nitrogens is 3. The molecule has 0 radical (unpaired) electrons. The molecule has 53 heavy (non-hydrogen) atoms. The number of fused-ring (bicyclic) bond motifs is 3. The zero-order valence-electron chi connectivity index (χ0n) is 30.2. The maximum absolute atomic E-state index is 9.50. The second kappa shape index (κ2) is 11.3. The summed E-state index contributed by atoms with van der Waals surface area (Å²) < 4.78 is 2.31. The van der Waals surface area contributed by atoms with Gasteiger partial charge in [-0.25, -0.2) is 15.0 Å². The first-order valence-electron chi connectivity index (χ1n) is 20.3. The van der Waals surface area contributed by atoms with Crippen LogP contribution in [-0.4, -0.2) is 15.0 Å². The van der Waals surface area contributed by atoms with Crippen LogP contribution in [0, 0.1) is 46.8 Å². The van der Waals surface area contributed by atoms with Gasteiger partial charge >= 0.3 is 0 Å². The van der Waals surface area contributed by atoms with Gasteiger partial charge in [-0.15, -0.1) is 11.3 Å². The van der Waals surface area contributed by atoms with E-state index in [-0.39, 0.29) is 0 Å². The van der Waals surface area contributed by atoms with Crippen LogP contribution in [0.4, 0.5) is 0 Å². The highest BCUT2D eigenvalue weighted by Gasteiger charge is 2.52. The first-order chi connectivity index (χ1) is 26.0. The summed E-state index contributed by atoms with van der Waals surface area (Å²) in [5.74, 6) is 7.74. The maximum Gasteiger partial charge on any atom is 0.164 e. The summed E-state index contributed by atoms with van der Waals surface area (Å²) in [5.41, 5.74) is 7.60. The highest BCUT2D eigenvalue weighted by Crippen LogP contribution is 2.62. The van der Waals surface area contributed by atoms with Crippen LogP contribution in [0.2, 0.25) is 0 Å². The fourth-order valence-corrected chi connectivity index (χ4v) is 14.8. The van der Waals surface area contributed by atoms with Crippen molar-refractivity contribution in [3.8, 4) is 40.2 Å². The Morgan fingerprint density at radius 3 is 1.28 bits per heavy atom. The van der Waals surface area contributed by atoms with Crippen molar-refractivity contribution >= 4 is 31.5 Å². The molecular weight excluding hydrogens is 665 g/mol. The summed E-state index contributed by atoms with van der Waals surface area (Å²) in [7, 11) is 0. The van der Waals surface area contributed by atoms with Gasteiger partial charge in [-0.3, -0.25) is 0 Å². The molecule has 4 nitrogen and oxygen atoms in total. The minimum atomic E-state index is 0.370. The third-order valence-electron chi connectivity index (χ3n) is 15.1. The first kappa shape index (κ1) is 31.0. The molecule has 2 aromatic heterocycles. The summed E-state index contributed by atoms with van der Waals surface area (Å²) >= 11 is 1.73. The smallest absolute Gasteiger partial charge is 0.164 e. The van der Waals surface area contributed by atoms with Crippen molar-refractivity contribution in [3.05, 3.63) is 102 Å². The molecule has 8 fully saturated rings. The molecule has 0 unspecified atom stereocenters. The molecule has 8 aliphatic carbocycles. The quantitative estimate of drug-likeness (QED) is 0.179. The van der Waals surface area contributed by atoms with E-state index in [1.807, 2.05) is 12.1 Å². The van der Waals surface area contributed by atoms with Gasteiger partial charge in [-0.1, -0.05) is 66.7 Å². The van der Waals surface area contributed by atoms with Crippen LogP contribution in [0.5, 0.6) is 0 Å². The van der Waals surface area contributed by atoms with E-state index in [1.165, 1.54) is 104 Å². The van der Waals surface area contributed by atoms with Crippen molar-refractivity contribution in [2.45, 2.75) is 87.9 Å². The molecule has 4 aromatic carbocycles. The van der Waals surface area contributed by atoms with Crippen molar-refractivity contribution in [2.24, 2.45) is 35.5 Å². The Morgan fingerprint density at radius 2 is 0.849 bits per heavy atom. The molecular formula is C48H44N4S. The van der Waals surface area contributed by atoms with Gasteiger partial charge in [-0.2, -0.15) is 5.26 Å². The van der Waals surface area contributed by atoms with Gasteiger partial charge in [0.1, 0.15) is 0 Å². The zero-order chi connectivity index (χ0) is 34.9. The van der Waals surface area contributed by atoms with E-state index < -0.39 is 0 Å². The fraction of sp³-hybridized carbons (Fsp3) is 0.417. The minimum Gasteiger partial charge on any atom is -0.208 e. The molecule has 0 atom stereocenters. The Morgan fingerprint density at radius 1 is 0.472 bits per heavy atom. The number of hydrogen-bond acceptors (Lipinski definition) is 5. The molecule has 0 N–H and O–H groups in total. The summed E-state index contributed by atoms with van der Waals surface area (Å²) in [6, 6.07) is 33.6. The van der Waals surface area contributed by atoms with Crippen molar-refractivity contribution in [1.82, 2.24) is 15.0 Å². The Kier molecular flexibility index (Phi) is 6.62. The SMILES string of the molecule is N#Cc1ccc2c(c1)sc1cc(-c3nc(-c4ccc(C56C[C@H]7C[C@@H](C5)C[C@@H](C6)C7)cc4)nc(-c4ccc(C56C[C@H]7C[C@H](C5)C[C@@H](C6)C7)cc4)n3)ccc12. The topological polar surface area (TPSA) is 62.5 Å². The van der Waals surface area contributed by atoms with Crippen LogP contribution in [0.25, 0.3) is 54.3 Å². The highest BCUT2D eigenvalue weighted by atomic mass is 32.1. The molecule has 14 rings (SSSR count). The number of thiophene rings is 1. The van der Waals surface area contributed by atoms with Crippen molar-refractivity contribution in [2.75, 3.05) is 0 Å². The summed E-state index contributed by atoms with van der Waals surface area (Å²) in [6.45, 7) is 0. The monoisotopic (exact) mass is 708 g/mol. The van der Waals surface area contributed by atoms with Gasteiger partial charge in [0.2, 0.25) is 0 Å². The van der Waals surface area contributed by atoms with E-state index in [4.69, 9.17) is 15.0 Å². The van der Waals surface area contributed by atoms with Crippen LogP contribution in [0.1, 0.15) is 93.7 Å². The van der Waals surface area contributed by atoms with Gasteiger partial charge in [0, 0.05) is 36.9 Å². The predicted octanol–water partition coefficient (Wildman–Crippen LogP) is 12.0. The highest BCUT2D eigenvalue weighted by molar-refractivity contribution is 7.25. The lowest BCUT2D eigenvalue weighted by Crippen LogP contribution is -2.48. The van der Waals surface area contributed by atoms with Crippen molar-refractivity contribution < 1.29 is 0 Å².